The van der Waals surface area contributed by atoms with E-state index in [-0.39, 0.29) is 42.1 Å². The van der Waals surface area contributed by atoms with Gasteiger partial charge in [0.05, 0.1) is 18.3 Å². The third-order valence-corrected chi connectivity index (χ3v) is 6.45. The highest BCUT2D eigenvalue weighted by molar-refractivity contribution is 6.29. The van der Waals surface area contributed by atoms with E-state index in [9.17, 15) is 23.6 Å². The van der Waals surface area contributed by atoms with Crippen molar-refractivity contribution in [2.75, 3.05) is 33.5 Å². The molecule has 0 aliphatic carbocycles. The van der Waals surface area contributed by atoms with Crippen LogP contribution in [0.15, 0.2) is 35.3 Å². The second-order valence-corrected chi connectivity index (χ2v) is 10.9. The van der Waals surface area contributed by atoms with Crippen LogP contribution >= 0.6 is 11.6 Å². The summed E-state index contributed by atoms with van der Waals surface area (Å²) in [4.78, 5) is 64.5. The van der Waals surface area contributed by atoms with Crippen molar-refractivity contribution < 1.29 is 23.5 Å². The van der Waals surface area contributed by atoms with E-state index in [0.29, 0.717) is 29.0 Å². The number of nitrogens with zero attached hydrogens (tertiary/aromatic N) is 5. The molecule has 3 amide bonds. The van der Waals surface area contributed by atoms with Crippen molar-refractivity contribution in [3.8, 4) is 0 Å². The molecule has 14 heteroatoms. The predicted molar refractivity (Wildman–Crippen MR) is 157 cm³/mol. The van der Waals surface area contributed by atoms with Crippen LogP contribution in [-0.2, 0) is 27.3 Å². The molecule has 0 aliphatic heterocycles. The Morgan fingerprint density at radius 3 is 2.55 bits per heavy atom. The number of carbonyl (C=O) groups excluding carboxylic acids is 3. The lowest BCUT2D eigenvalue weighted by Gasteiger charge is -2.20. The van der Waals surface area contributed by atoms with Crippen LogP contribution in [0.2, 0.25) is 5.15 Å². The minimum Gasteiger partial charge on any atom is -0.436 e. The van der Waals surface area contributed by atoms with Gasteiger partial charge in [-0.25, -0.2) is 19.2 Å². The third kappa shape index (κ3) is 8.15. The number of imidazole rings is 1. The Morgan fingerprint density at radius 1 is 1.19 bits per heavy atom. The highest BCUT2D eigenvalue weighted by atomic mass is 35.5. The molecule has 0 radical (unpaired) electrons. The molecule has 0 spiro atoms. The largest absolute Gasteiger partial charge is 0.436 e. The van der Waals surface area contributed by atoms with Crippen molar-refractivity contribution in [1.82, 2.24) is 29.3 Å². The number of fused-ring (bicyclic) bond motifs is 1. The molecule has 42 heavy (non-hydrogen) atoms. The van der Waals surface area contributed by atoms with Crippen LogP contribution in [-0.4, -0.2) is 81.5 Å². The first-order chi connectivity index (χ1) is 19.8. The Labute approximate surface area is 247 Å². The number of ether oxygens (including phenoxy) is 1. The summed E-state index contributed by atoms with van der Waals surface area (Å²) in [7, 11) is 6.16. The van der Waals surface area contributed by atoms with Gasteiger partial charge >= 0.3 is 6.09 Å². The van der Waals surface area contributed by atoms with Crippen molar-refractivity contribution in [2.45, 2.75) is 45.8 Å². The van der Waals surface area contributed by atoms with Gasteiger partial charge in [0.1, 0.15) is 22.5 Å². The van der Waals surface area contributed by atoms with Gasteiger partial charge in [0, 0.05) is 33.8 Å². The fraction of sp³-hybridized carbons (Fsp3) is 0.429. The molecule has 3 heterocycles. The molecule has 0 saturated heterocycles. The average molecular weight is 604 g/mol. The maximum absolute atomic E-state index is 14.5. The smallest absolute Gasteiger partial charge is 0.410 e. The van der Waals surface area contributed by atoms with Gasteiger partial charge in [-0.15, -0.1) is 0 Å². The summed E-state index contributed by atoms with van der Waals surface area (Å²) in [5.74, 6) is -0.908. The Balaban J connectivity index is 1.84. The fourth-order valence-corrected chi connectivity index (χ4v) is 4.13. The van der Waals surface area contributed by atoms with E-state index in [1.807, 2.05) is 13.8 Å². The van der Waals surface area contributed by atoms with Crippen LogP contribution in [0.5, 0.6) is 0 Å². The van der Waals surface area contributed by atoms with Gasteiger partial charge in [-0.05, 0) is 43.4 Å². The van der Waals surface area contributed by atoms with Gasteiger partial charge in [0.25, 0.3) is 11.5 Å². The normalized spacial score (nSPS) is 12.1. The van der Waals surface area contributed by atoms with Crippen LogP contribution in [0.1, 0.15) is 38.1 Å². The number of hydrogen-bond donors (Lipinski definition) is 2. The van der Waals surface area contributed by atoms with E-state index in [4.69, 9.17) is 16.3 Å². The molecular formula is C28H35ClFN7O5. The molecule has 0 aliphatic rings. The number of H-pyrrole nitrogens is 1. The van der Waals surface area contributed by atoms with E-state index >= 15 is 0 Å². The van der Waals surface area contributed by atoms with E-state index in [0.717, 1.165) is 6.20 Å². The standard InChI is InChI=1S/C28H35ClFN7O5/c1-16(2)13-17-18(30)14-31-25-24(17)33-22(34-25)15-37-21(29)12-11-19(27(37)40)32-26(39)20(42-28(41)36(5)6)9-7-8-10-23(38)35(3)4/h8,10-12,14,16,20H,7,9,13,15H2,1-6H3,(H,32,39)(H,31,33,34)/b10-8+/t20-/m0/s1. The second-order valence-electron chi connectivity index (χ2n) is 10.5. The molecule has 0 unspecified atom stereocenters. The zero-order valence-electron chi connectivity index (χ0n) is 24.4. The molecule has 3 rings (SSSR count). The number of carbonyl (C=O) groups is 3. The molecule has 2 N–H and O–H groups in total. The number of amides is 3. The Hall–Kier alpha value is -4.26. The zero-order valence-corrected chi connectivity index (χ0v) is 25.2. The molecule has 1 atom stereocenters. The summed E-state index contributed by atoms with van der Waals surface area (Å²) in [5.41, 5.74) is 0.468. The van der Waals surface area contributed by atoms with Crippen molar-refractivity contribution in [3.05, 3.63) is 63.2 Å². The maximum Gasteiger partial charge on any atom is 0.410 e. The summed E-state index contributed by atoms with van der Waals surface area (Å²) >= 11 is 6.33. The topological polar surface area (TPSA) is 143 Å². The molecule has 3 aromatic heterocycles. The highest BCUT2D eigenvalue weighted by Crippen LogP contribution is 2.22. The van der Waals surface area contributed by atoms with Crippen LogP contribution < -0.4 is 10.9 Å². The minimum atomic E-state index is -1.25. The quantitative estimate of drug-likeness (QED) is 0.252. The molecule has 3 aromatic rings. The van der Waals surface area contributed by atoms with Gasteiger partial charge < -0.3 is 24.8 Å². The van der Waals surface area contributed by atoms with Crippen LogP contribution in [0, 0.1) is 11.7 Å². The first-order valence-electron chi connectivity index (χ1n) is 13.3. The lowest BCUT2D eigenvalue weighted by Crippen LogP contribution is -2.37. The SMILES string of the molecule is CC(C)Cc1c(F)cnc2nc(Cn3c(Cl)ccc(NC(=O)[C@H](CC/C=C/C(=O)N(C)C)OC(=O)N(C)C)c3=O)[nH]c12. The number of pyridine rings is 2. The van der Waals surface area contributed by atoms with Crippen LogP contribution in [0.3, 0.4) is 0 Å². The number of likely N-dealkylation sites (N-methyl/N-ethyl adjacent to an activating group) is 1. The molecule has 0 fully saturated rings. The number of aromatic nitrogens is 4. The number of hydrogen-bond acceptors (Lipinski definition) is 7. The number of halogens is 2. The summed E-state index contributed by atoms with van der Waals surface area (Å²) in [6.07, 6.45) is 2.83. The van der Waals surface area contributed by atoms with Crippen molar-refractivity contribution in [3.63, 3.8) is 0 Å². The molecule has 0 aromatic carbocycles. The Kier molecular flexibility index (Phi) is 10.8. The predicted octanol–water partition coefficient (Wildman–Crippen LogP) is 3.59. The lowest BCUT2D eigenvalue weighted by atomic mass is 10.0. The van der Waals surface area contributed by atoms with Gasteiger partial charge in [-0.2, -0.15) is 0 Å². The van der Waals surface area contributed by atoms with Gasteiger partial charge in [-0.3, -0.25) is 19.0 Å². The molecule has 226 valence electrons. The molecule has 0 saturated carbocycles. The second kappa shape index (κ2) is 14.1. The highest BCUT2D eigenvalue weighted by Gasteiger charge is 2.25. The van der Waals surface area contributed by atoms with E-state index in [1.54, 1.807) is 20.2 Å². The number of anilines is 1. The monoisotopic (exact) mass is 603 g/mol. The number of rotatable bonds is 11. The summed E-state index contributed by atoms with van der Waals surface area (Å²) in [6, 6.07) is 2.77. The lowest BCUT2D eigenvalue weighted by molar-refractivity contribution is -0.125. The number of aromatic amines is 1. The summed E-state index contributed by atoms with van der Waals surface area (Å²) < 4.78 is 21.0. The van der Waals surface area contributed by atoms with Gasteiger partial charge in [0.15, 0.2) is 11.8 Å². The first kappa shape index (κ1) is 32.3. The molecule has 0 bridgehead atoms. The molecule has 12 nitrogen and oxygen atoms in total. The van der Waals surface area contributed by atoms with Crippen LogP contribution in [0.25, 0.3) is 11.2 Å². The van der Waals surface area contributed by atoms with Crippen molar-refractivity contribution >= 4 is 46.4 Å². The maximum atomic E-state index is 14.5. The third-order valence-electron chi connectivity index (χ3n) is 6.12. The number of allylic oxidation sites excluding steroid dienone is 1. The van der Waals surface area contributed by atoms with E-state index in [2.05, 4.69) is 20.3 Å². The Bertz CT molecular complexity index is 1550. The van der Waals surface area contributed by atoms with Crippen LogP contribution in [0.4, 0.5) is 14.9 Å². The Morgan fingerprint density at radius 2 is 1.90 bits per heavy atom. The molecular weight excluding hydrogens is 569 g/mol. The fourth-order valence-electron chi connectivity index (χ4n) is 3.93. The summed E-state index contributed by atoms with van der Waals surface area (Å²) in [6.45, 7) is 3.83. The van der Waals surface area contributed by atoms with E-state index in [1.165, 1.54) is 46.7 Å². The van der Waals surface area contributed by atoms with Crippen molar-refractivity contribution in [1.29, 1.82) is 0 Å². The minimum absolute atomic E-state index is 0.0612. The van der Waals surface area contributed by atoms with Gasteiger partial charge in [0.2, 0.25) is 5.91 Å². The van der Waals surface area contributed by atoms with Gasteiger partial charge in [-0.1, -0.05) is 31.5 Å². The average Bonchev–Trinajstić information content (AvgIpc) is 3.34. The van der Waals surface area contributed by atoms with Crippen molar-refractivity contribution in [2.24, 2.45) is 5.92 Å². The number of nitrogens with one attached hydrogen (secondary N) is 2. The zero-order chi connectivity index (χ0) is 31.1. The first-order valence-corrected chi connectivity index (χ1v) is 13.6. The summed E-state index contributed by atoms with van der Waals surface area (Å²) in [5, 5.41) is 2.60. The van der Waals surface area contributed by atoms with E-state index < -0.39 is 29.5 Å².